The zero-order chi connectivity index (χ0) is 18.8. The lowest BCUT2D eigenvalue weighted by atomic mass is 9.85. The Bertz CT molecular complexity index is 689. The molecule has 1 aromatic rings. The number of anilines is 1. The number of pyridine rings is 1. The summed E-state index contributed by atoms with van der Waals surface area (Å²) in [6.45, 7) is 7.16. The Kier molecular flexibility index (Phi) is 5.46. The second-order valence-corrected chi connectivity index (χ2v) is 8.21. The lowest BCUT2D eigenvalue weighted by Crippen LogP contribution is -2.65. The van der Waals surface area contributed by atoms with Crippen LogP contribution in [0, 0.1) is 5.92 Å². The fourth-order valence-corrected chi connectivity index (χ4v) is 4.16. The number of hydrogen-bond acceptors (Lipinski definition) is 5. The summed E-state index contributed by atoms with van der Waals surface area (Å²) in [7, 11) is -0.856. The van der Waals surface area contributed by atoms with E-state index in [1.165, 1.54) is 10.8 Å². The topological polar surface area (TPSA) is 109 Å². The van der Waals surface area contributed by atoms with Gasteiger partial charge < -0.3 is 14.4 Å². The molecule has 2 atom stereocenters. The number of carboxylic acids is 1. The zero-order valence-electron chi connectivity index (χ0n) is 14.8. The Morgan fingerprint density at radius 3 is 2.68 bits per heavy atom. The number of nitrogens with one attached hydrogen (secondary N) is 1. The summed E-state index contributed by atoms with van der Waals surface area (Å²) in [5, 5.41) is 11.9. The molecule has 2 N–H and O–H groups in total. The minimum Gasteiger partial charge on any atom is -0.480 e. The number of aliphatic carboxylic acids is 1. The van der Waals surface area contributed by atoms with E-state index in [1.54, 1.807) is 32.9 Å². The molecule has 2 heterocycles. The molecule has 136 valence electrons. The van der Waals surface area contributed by atoms with Crippen molar-refractivity contribution in [3.63, 3.8) is 0 Å². The summed E-state index contributed by atoms with van der Waals surface area (Å²) in [5.74, 6) is -1.35. The predicted molar refractivity (Wildman–Crippen MR) is 94.0 cm³/mol. The molecule has 2 amide bonds. The molecule has 25 heavy (non-hydrogen) atoms. The average molecular weight is 365 g/mol. The van der Waals surface area contributed by atoms with Gasteiger partial charge in [0, 0.05) is 6.20 Å². The zero-order valence-corrected chi connectivity index (χ0v) is 16.2. The molecular formula is C16H23N3O5Si. The smallest absolute Gasteiger partial charge is 0.413 e. The number of rotatable bonds is 5. The molecular weight excluding hydrogens is 342 g/mol. The van der Waals surface area contributed by atoms with Gasteiger partial charge in [0.25, 0.3) is 0 Å². The van der Waals surface area contributed by atoms with Gasteiger partial charge in [0.15, 0.2) is 0 Å². The van der Waals surface area contributed by atoms with Gasteiger partial charge in [0.1, 0.15) is 27.1 Å². The van der Waals surface area contributed by atoms with Gasteiger partial charge in [0.2, 0.25) is 5.91 Å². The summed E-state index contributed by atoms with van der Waals surface area (Å²) in [6, 6.07) is 2.58. The third-order valence-electron chi connectivity index (χ3n) is 3.82. The summed E-state index contributed by atoms with van der Waals surface area (Å²) < 4.78 is 6.65. The first kappa shape index (κ1) is 18.9. The molecule has 0 aliphatic carbocycles. The van der Waals surface area contributed by atoms with Crippen molar-refractivity contribution in [2.45, 2.75) is 45.4 Å². The molecule has 1 aromatic heterocycles. The third-order valence-corrected chi connectivity index (χ3v) is 5.21. The molecule has 2 rings (SSSR count). The van der Waals surface area contributed by atoms with Gasteiger partial charge in [0.05, 0.1) is 5.92 Å². The first-order valence-electron chi connectivity index (χ1n) is 8.10. The highest BCUT2D eigenvalue weighted by Crippen LogP contribution is 2.29. The molecule has 0 unspecified atom stereocenters. The first-order chi connectivity index (χ1) is 11.6. The van der Waals surface area contributed by atoms with Crippen molar-refractivity contribution in [3.8, 4) is 0 Å². The van der Waals surface area contributed by atoms with Crippen LogP contribution >= 0.6 is 0 Å². The monoisotopic (exact) mass is 365 g/mol. The van der Waals surface area contributed by atoms with Crippen LogP contribution in [-0.2, 0) is 20.7 Å². The van der Waals surface area contributed by atoms with Gasteiger partial charge in [-0.2, -0.15) is 0 Å². The van der Waals surface area contributed by atoms with Crippen LogP contribution in [0.5, 0.6) is 0 Å². The summed E-state index contributed by atoms with van der Waals surface area (Å²) >= 11 is 0. The van der Waals surface area contributed by atoms with Crippen LogP contribution in [0.3, 0.4) is 0 Å². The van der Waals surface area contributed by atoms with E-state index < -0.39 is 39.3 Å². The quantitative estimate of drug-likeness (QED) is 0.595. The summed E-state index contributed by atoms with van der Waals surface area (Å²) in [5.41, 5.74) is 0.116. The van der Waals surface area contributed by atoms with E-state index in [0.717, 1.165) is 5.56 Å². The van der Waals surface area contributed by atoms with Crippen molar-refractivity contribution < 1.29 is 24.2 Å². The number of hydrogen-bond donors (Lipinski definition) is 2. The fraction of sp³-hybridized carbons (Fsp3) is 0.500. The largest absolute Gasteiger partial charge is 0.480 e. The van der Waals surface area contributed by atoms with Gasteiger partial charge in [-0.05, 0) is 44.9 Å². The highest BCUT2D eigenvalue weighted by molar-refractivity contribution is 6.38. The molecule has 0 aromatic carbocycles. The Balaban J connectivity index is 2.05. The molecule has 1 saturated heterocycles. The standard InChI is InChI=1S/C16H23N3O5Si/c1-16(2,3)24-15(23)18-11-8-9(5-6-17-11)7-10-12(14(21)22)19(25-4)13(10)20/h5-6,8,10,12H,7,25H2,1-4H3,(H,21,22)(H,17,18,23)/t10-,12+/m1/s1. The lowest BCUT2D eigenvalue weighted by Gasteiger charge is -2.44. The van der Waals surface area contributed by atoms with Crippen LogP contribution in [0.15, 0.2) is 18.3 Å². The second-order valence-electron chi connectivity index (χ2n) is 6.89. The number of carbonyl (C=O) groups is 3. The van der Waals surface area contributed by atoms with Crippen molar-refractivity contribution in [1.82, 2.24) is 9.55 Å². The SMILES string of the molecule is C[SiH2]N1C(=O)[C@H](Cc2ccnc(NC(=O)OC(C)(C)C)c2)[C@H]1C(=O)O. The molecule has 9 heteroatoms. The maximum Gasteiger partial charge on any atom is 0.413 e. The van der Waals surface area contributed by atoms with Crippen LogP contribution < -0.4 is 5.32 Å². The van der Waals surface area contributed by atoms with Gasteiger partial charge in [-0.1, -0.05) is 6.55 Å². The van der Waals surface area contributed by atoms with Gasteiger partial charge in [-0.25, -0.2) is 14.6 Å². The number of ether oxygens (including phenoxy) is 1. The van der Waals surface area contributed by atoms with E-state index in [0.29, 0.717) is 12.2 Å². The summed E-state index contributed by atoms with van der Waals surface area (Å²) in [6.07, 6.45) is 1.18. The molecule has 1 fully saturated rings. The van der Waals surface area contributed by atoms with Crippen molar-refractivity contribution >= 4 is 33.5 Å². The molecule has 0 spiro atoms. The highest BCUT2D eigenvalue weighted by atomic mass is 28.2. The number of aromatic nitrogens is 1. The van der Waals surface area contributed by atoms with E-state index in [-0.39, 0.29) is 5.91 Å². The molecule has 1 aliphatic rings. The second kappa shape index (κ2) is 7.22. The normalized spacial score (nSPS) is 20.5. The summed E-state index contributed by atoms with van der Waals surface area (Å²) in [4.78, 5) is 39.4. The Morgan fingerprint density at radius 1 is 1.44 bits per heavy atom. The van der Waals surface area contributed by atoms with Crippen LogP contribution in [-0.4, -0.2) is 53.9 Å². The van der Waals surface area contributed by atoms with E-state index in [1.807, 2.05) is 6.55 Å². The minimum absolute atomic E-state index is 0.111. The van der Waals surface area contributed by atoms with E-state index in [2.05, 4.69) is 10.3 Å². The maximum atomic E-state index is 12.1. The first-order valence-corrected chi connectivity index (χ1v) is 10.1. The van der Waals surface area contributed by atoms with Gasteiger partial charge in [-0.3, -0.25) is 10.1 Å². The molecule has 0 saturated carbocycles. The van der Waals surface area contributed by atoms with E-state index >= 15 is 0 Å². The number of β-lactam (4-membered cyclic amide) rings is 1. The van der Waals surface area contributed by atoms with Gasteiger partial charge in [-0.15, -0.1) is 0 Å². The van der Waals surface area contributed by atoms with Gasteiger partial charge >= 0.3 is 12.1 Å². The van der Waals surface area contributed by atoms with E-state index in [4.69, 9.17) is 4.74 Å². The Morgan fingerprint density at radius 2 is 2.12 bits per heavy atom. The minimum atomic E-state index is -0.972. The van der Waals surface area contributed by atoms with Crippen LogP contribution in [0.25, 0.3) is 0 Å². The van der Waals surface area contributed by atoms with Crippen LogP contribution in [0.4, 0.5) is 10.6 Å². The number of carboxylic acid groups (broad SMARTS) is 1. The van der Waals surface area contributed by atoms with Crippen molar-refractivity contribution in [2.24, 2.45) is 5.92 Å². The van der Waals surface area contributed by atoms with Crippen molar-refractivity contribution in [2.75, 3.05) is 5.32 Å². The number of carbonyl (C=O) groups excluding carboxylic acids is 2. The maximum absolute atomic E-state index is 12.1. The molecule has 0 radical (unpaired) electrons. The molecule has 8 nitrogen and oxygen atoms in total. The van der Waals surface area contributed by atoms with Crippen molar-refractivity contribution in [1.29, 1.82) is 0 Å². The molecule has 0 bridgehead atoms. The van der Waals surface area contributed by atoms with Crippen LogP contribution in [0.1, 0.15) is 26.3 Å². The predicted octanol–water partition coefficient (Wildman–Crippen LogP) is 1.01. The Labute approximate surface area is 148 Å². The van der Waals surface area contributed by atoms with E-state index in [9.17, 15) is 19.5 Å². The third kappa shape index (κ3) is 4.56. The molecule has 1 aliphatic heterocycles. The average Bonchev–Trinajstić information content (AvgIpc) is 2.47. The number of nitrogens with zero attached hydrogens (tertiary/aromatic N) is 2. The fourth-order valence-electron chi connectivity index (χ4n) is 2.81. The van der Waals surface area contributed by atoms with Crippen molar-refractivity contribution in [3.05, 3.63) is 23.9 Å². The van der Waals surface area contributed by atoms with Crippen LogP contribution in [0.2, 0.25) is 6.55 Å². The number of amides is 2. The Hall–Kier alpha value is -2.42. The lowest BCUT2D eigenvalue weighted by molar-refractivity contribution is -0.162. The highest BCUT2D eigenvalue weighted by Gasteiger charge is 2.49.